The molecule has 6 atom stereocenters. The molecule has 5 rings (SSSR count). The Kier molecular flexibility index (Phi) is 6.52. The van der Waals surface area contributed by atoms with Gasteiger partial charge in [-0.15, -0.1) is 0 Å². The number of aliphatic hydroxyl groups is 1. The van der Waals surface area contributed by atoms with Crippen LogP contribution in [-0.4, -0.2) is 50.8 Å². The maximum atomic E-state index is 14.4. The number of aromatic nitrogens is 3. The molecule has 2 fully saturated rings. The monoisotopic (exact) mass is 528 g/mol. The van der Waals surface area contributed by atoms with E-state index in [1.807, 2.05) is 30.3 Å². The minimum Gasteiger partial charge on any atom is -0.388 e. The quantitative estimate of drug-likeness (QED) is 0.500. The van der Waals surface area contributed by atoms with Gasteiger partial charge in [-0.2, -0.15) is 18.3 Å². The van der Waals surface area contributed by atoms with Gasteiger partial charge in [-0.3, -0.25) is 0 Å². The Balaban J connectivity index is 1.50. The number of hydrogen-bond donors (Lipinski definition) is 2. The number of halogens is 5. The summed E-state index contributed by atoms with van der Waals surface area (Å²) in [5.41, 5.74) is 4.78. The standard InChI is InChI=1S/C23H21ClF4N4O4/c1-10-30-21(32(31-10)14-8-12(24)7-13(25)16(14)23(26,27)28)20-18(33)17(29)19-15(35-20)9-34-22(36-19)11-5-3-2-4-6-11/h2-8,15,17-20,22,33H,9,29H2,1H3/t15?,17?,18?,19-,20+,22?/m0/s1. The van der Waals surface area contributed by atoms with Crippen molar-refractivity contribution in [3.05, 3.63) is 76.1 Å². The molecule has 4 unspecified atom stereocenters. The number of aliphatic hydroxyl groups excluding tert-OH is 1. The van der Waals surface area contributed by atoms with Crippen LogP contribution in [0.5, 0.6) is 0 Å². The second-order valence-electron chi connectivity index (χ2n) is 8.55. The maximum absolute atomic E-state index is 14.4. The summed E-state index contributed by atoms with van der Waals surface area (Å²) in [5.74, 6) is -1.72. The van der Waals surface area contributed by atoms with Gasteiger partial charge in [0.15, 0.2) is 12.1 Å². The normalized spacial score (nSPS) is 28.7. The number of fused-ring (bicyclic) bond motifs is 1. The number of nitrogens with zero attached hydrogens (tertiary/aromatic N) is 3. The zero-order chi connectivity index (χ0) is 25.8. The molecular weight excluding hydrogens is 508 g/mol. The van der Waals surface area contributed by atoms with Crippen LogP contribution in [0.2, 0.25) is 5.02 Å². The highest BCUT2D eigenvalue weighted by atomic mass is 35.5. The average Bonchev–Trinajstić information content (AvgIpc) is 3.21. The van der Waals surface area contributed by atoms with Crippen molar-refractivity contribution in [2.75, 3.05) is 6.61 Å². The number of aryl methyl sites for hydroxylation is 1. The van der Waals surface area contributed by atoms with Gasteiger partial charge >= 0.3 is 6.18 Å². The van der Waals surface area contributed by atoms with Crippen LogP contribution in [0.15, 0.2) is 42.5 Å². The average molecular weight is 529 g/mol. The number of rotatable bonds is 3. The summed E-state index contributed by atoms with van der Waals surface area (Å²) >= 11 is 5.87. The predicted octanol–water partition coefficient (Wildman–Crippen LogP) is 3.63. The van der Waals surface area contributed by atoms with Crippen molar-refractivity contribution in [2.45, 2.75) is 49.8 Å². The minimum atomic E-state index is -5.06. The Bertz CT molecular complexity index is 1260. The van der Waals surface area contributed by atoms with Gasteiger partial charge in [-0.1, -0.05) is 41.9 Å². The molecule has 0 amide bonds. The molecule has 1 aromatic heterocycles. The van der Waals surface area contributed by atoms with Crippen molar-refractivity contribution in [3.8, 4) is 5.69 Å². The Morgan fingerprint density at radius 1 is 1.17 bits per heavy atom. The van der Waals surface area contributed by atoms with Gasteiger partial charge in [-0.25, -0.2) is 14.1 Å². The summed E-state index contributed by atoms with van der Waals surface area (Å²) in [6.45, 7) is 1.47. The van der Waals surface area contributed by atoms with Crippen LogP contribution < -0.4 is 5.73 Å². The van der Waals surface area contributed by atoms with Crippen LogP contribution in [0.25, 0.3) is 5.69 Å². The molecule has 0 saturated carbocycles. The Morgan fingerprint density at radius 3 is 2.58 bits per heavy atom. The molecule has 3 aromatic rings. The van der Waals surface area contributed by atoms with E-state index in [1.165, 1.54) is 6.92 Å². The molecule has 3 N–H and O–H groups in total. The van der Waals surface area contributed by atoms with Gasteiger partial charge in [0.05, 0.1) is 18.3 Å². The minimum absolute atomic E-state index is 0.0356. The van der Waals surface area contributed by atoms with E-state index in [9.17, 15) is 22.7 Å². The summed E-state index contributed by atoms with van der Waals surface area (Å²) in [4.78, 5) is 4.17. The Labute approximate surface area is 207 Å². The molecule has 0 spiro atoms. The van der Waals surface area contributed by atoms with E-state index >= 15 is 0 Å². The largest absolute Gasteiger partial charge is 0.421 e. The van der Waals surface area contributed by atoms with Gasteiger partial charge in [-0.05, 0) is 19.1 Å². The molecule has 0 bridgehead atoms. The van der Waals surface area contributed by atoms with E-state index in [0.29, 0.717) is 6.07 Å². The summed E-state index contributed by atoms with van der Waals surface area (Å²) in [5, 5.41) is 14.8. The van der Waals surface area contributed by atoms with E-state index in [4.69, 9.17) is 31.5 Å². The molecule has 3 heterocycles. The molecule has 13 heteroatoms. The lowest BCUT2D eigenvalue weighted by molar-refractivity contribution is -0.309. The molecule has 0 radical (unpaired) electrons. The van der Waals surface area contributed by atoms with Crippen molar-refractivity contribution < 1.29 is 36.9 Å². The smallest absolute Gasteiger partial charge is 0.388 e. The second-order valence-corrected chi connectivity index (χ2v) is 8.98. The lowest BCUT2D eigenvalue weighted by Crippen LogP contribution is -2.62. The summed E-state index contributed by atoms with van der Waals surface area (Å²) in [6, 6.07) is 9.57. The van der Waals surface area contributed by atoms with Crippen LogP contribution in [0.1, 0.15) is 35.2 Å². The number of ether oxygens (including phenoxy) is 3. The molecule has 2 aromatic carbocycles. The molecular formula is C23H21ClF4N4O4. The van der Waals surface area contributed by atoms with Crippen LogP contribution in [-0.2, 0) is 20.4 Å². The van der Waals surface area contributed by atoms with E-state index < -0.39 is 60.0 Å². The molecule has 0 aliphatic carbocycles. The van der Waals surface area contributed by atoms with Crippen molar-refractivity contribution in [1.29, 1.82) is 0 Å². The number of benzene rings is 2. The Hall–Kier alpha value is -2.61. The third-order valence-electron chi connectivity index (χ3n) is 6.07. The van der Waals surface area contributed by atoms with Crippen LogP contribution in [0.3, 0.4) is 0 Å². The van der Waals surface area contributed by atoms with E-state index in [0.717, 1.165) is 16.3 Å². The SMILES string of the molecule is Cc1nc([C@@H]2OC3COC(c4ccccc4)O[C@@H]3C(N)C2O)n(-c2cc(Cl)cc(F)c2C(F)(F)F)n1. The van der Waals surface area contributed by atoms with Gasteiger partial charge in [0.1, 0.15) is 41.6 Å². The van der Waals surface area contributed by atoms with E-state index in [-0.39, 0.29) is 23.3 Å². The molecule has 2 aliphatic heterocycles. The highest BCUT2D eigenvalue weighted by molar-refractivity contribution is 6.30. The zero-order valence-corrected chi connectivity index (χ0v) is 19.4. The third-order valence-corrected chi connectivity index (χ3v) is 6.29. The highest BCUT2D eigenvalue weighted by Crippen LogP contribution is 2.41. The molecule has 8 nitrogen and oxygen atoms in total. The summed E-state index contributed by atoms with van der Waals surface area (Å²) in [6.07, 6.45) is -10.1. The third kappa shape index (κ3) is 4.49. The lowest BCUT2D eigenvalue weighted by atomic mass is 9.92. The predicted molar refractivity (Wildman–Crippen MR) is 118 cm³/mol. The van der Waals surface area contributed by atoms with Crippen LogP contribution in [0.4, 0.5) is 17.6 Å². The fourth-order valence-corrected chi connectivity index (χ4v) is 4.67. The molecule has 2 saturated heterocycles. The van der Waals surface area contributed by atoms with Gasteiger partial charge < -0.3 is 25.1 Å². The number of hydrogen-bond acceptors (Lipinski definition) is 7. The summed E-state index contributed by atoms with van der Waals surface area (Å²) < 4.78 is 74.2. The highest BCUT2D eigenvalue weighted by Gasteiger charge is 2.50. The lowest BCUT2D eigenvalue weighted by Gasteiger charge is -2.46. The van der Waals surface area contributed by atoms with Crippen molar-refractivity contribution >= 4 is 11.6 Å². The van der Waals surface area contributed by atoms with Gasteiger partial charge in [0.2, 0.25) is 0 Å². The summed E-state index contributed by atoms with van der Waals surface area (Å²) in [7, 11) is 0. The first-order chi connectivity index (χ1) is 17.0. The van der Waals surface area contributed by atoms with E-state index in [2.05, 4.69) is 10.1 Å². The van der Waals surface area contributed by atoms with Gasteiger partial charge in [0, 0.05) is 10.6 Å². The number of alkyl halides is 3. The fourth-order valence-electron chi connectivity index (χ4n) is 4.47. The first-order valence-corrected chi connectivity index (χ1v) is 11.3. The van der Waals surface area contributed by atoms with Crippen molar-refractivity contribution in [3.63, 3.8) is 0 Å². The second kappa shape index (κ2) is 9.36. The number of nitrogens with two attached hydrogens (primary N) is 1. The van der Waals surface area contributed by atoms with Crippen LogP contribution >= 0.6 is 11.6 Å². The van der Waals surface area contributed by atoms with Crippen LogP contribution in [0, 0.1) is 12.7 Å². The zero-order valence-electron chi connectivity index (χ0n) is 18.7. The Morgan fingerprint density at radius 2 is 1.89 bits per heavy atom. The van der Waals surface area contributed by atoms with Gasteiger partial charge in [0.25, 0.3) is 0 Å². The maximum Gasteiger partial charge on any atom is 0.421 e. The fraction of sp³-hybridized carbons (Fsp3) is 0.391. The molecule has 2 aliphatic rings. The topological polar surface area (TPSA) is 105 Å². The molecule has 36 heavy (non-hydrogen) atoms. The first-order valence-electron chi connectivity index (χ1n) is 11.0. The molecule has 192 valence electrons. The van der Waals surface area contributed by atoms with E-state index in [1.54, 1.807) is 0 Å². The first kappa shape index (κ1) is 25.1. The van der Waals surface area contributed by atoms with Crippen molar-refractivity contribution in [2.24, 2.45) is 5.73 Å². The van der Waals surface area contributed by atoms with Crippen molar-refractivity contribution in [1.82, 2.24) is 14.8 Å².